The molecule has 0 aliphatic carbocycles. The molecule has 3 rings (SSSR count). The molecule has 26 heavy (non-hydrogen) atoms. The lowest BCUT2D eigenvalue weighted by Crippen LogP contribution is -2.06. The number of amides is 1. The molecule has 128 valence electrons. The Labute approximate surface area is 153 Å². The number of aromatic nitrogens is 1. The minimum absolute atomic E-state index is 0.110. The third-order valence-electron chi connectivity index (χ3n) is 3.77. The molecule has 2 aromatic rings. The molecule has 1 aromatic heterocycles. The average Bonchev–Trinajstić information content (AvgIpc) is 3.15. The molecule has 6 nitrogen and oxygen atoms in total. The van der Waals surface area contributed by atoms with E-state index in [0.717, 1.165) is 0 Å². The number of carbonyl (C=O) groups excluding carboxylic acids is 1. The van der Waals surface area contributed by atoms with E-state index in [1.807, 2.05) is 23.0 Å². The van der Waals surface area contributed by atoms with Gasteiger partial charge in [0.25, 0.3) is 0 Å². The summed E-state index contributed by atoms with van der Waals surface area (Å²) in [5.41, 5.74) is 8.33. The lowest BCUT2D eigenvalue weighted by atomic mass is 9.96. The van der Waals surface area contributed by atoms with Crippen LogP contribution in [-0.2, 0) is 4.79 Å². The lowest BCUT2D eigenvalue weighted by Gasteiger charge is -2.17. The lowest BCUT2D eigenvalue weighted by molar-refractivity contribution is -0.114. The Bertz CT molecular complexity index is 1010. The minimum atomic E-state index is -0.866. The third kappa shape index (κ3) is 3.16. The Balaban J connectivity index is 2.20. The Morgan fingerprint density at radius 2 is 1.73 bits per heavy atom. The van der Waals surface area contributed by atoms with Gasteiger partial charge in [-0.25, -0.2) is 4.98 Å². The van der Waals surface area contributed by atoms with E-state index in [1.165, 1.54) is 6.92 Å². The van der Waals surface area contributed by atoms with Gasteiger partial charge in [0.1, 0.15) is 28.5 Å². The van der Waals surface area contributed by atoms with Crippen molar-refractivity contribution in [3.63, 3.8) is 0 Å². The summed E-state index contributed by atoms with van der Waals surface area (Å²) in [7, 11) is -0.866. The van der Waals surface area contributed by atoms with Gasteiger partial charge in [-0.3, -0.25) is 4.79 Å². The third-order valence-corrected chi connectivity index (χ3v) is 5.57. The van der Waals surface area contributed by atoms with E-state index < -0.39 is 10.9 Å². The van der Waals surface area contributed by atoms with Crippen LogP contribution < -0.4 is 11.1 Å². The van der Waals surface area contributed by atoms with Crippen molar-refractivity contribution in [2.45, 2.75) is 11.9 Å². The number of nitrogens with zero attached hydrogens (tertiary/aromatic N) is 3. The first kappa shape index (κ1) is 17.3. The number of hydrogen-bond donors (Lipinski definition) is 3. The maximum atomic E-state index is 11.2. The molecule has 0 unspecified atom stereocenters. The number of thiol groups is 1. The summed E-state index contributed by atoms with van der Waals surface area (Å²) in [6, 6.07) is 11.2. The van der Waals surface area contributed by atoms with Crippen LogP contribution in [-0.4, -0.2) is 10.9 Å². The van der Waals surface area contributed by atoms with Gasteiger partial charge in [-0.1, -0.05) is 24.3 Å². The fraction of sp³-hybridized carbons (Fsp3) is 0.0526. The summed E-state index contributed by atoms with van der Waals surface area (Å²) >= 11 is 0. The summed E-state index contributed by atoms with van der Waals surface area (Å²) < 4.78 is 0. The zero-order valence-electron chi connectivity index (χ0n) is 13.9. The van der Waals surface area contributed by atoms with Crippen molar-refractivity contribution in [1.82, 2.24) is 4.98 Å². The first-order chi connectivity index (χ1) is 12.5. The van der Waals surface area contributed by atoms with Crippen LogP contribution in [0.3, 0.4) is 0 Å². The molecule has 1 aliphatic rings. The fourth-order valence-corrected chi connectivity index (χ4v) is 4.28. The zero-order valence-corrected chi connectivity index (χ0v) is 14.8. The van der Waals surface area contributed by atoms with Crippen molar-refractivity contribution in [3.8, 4) is 23.3 Å². The van der Waals surface area contributed by atoms with Crippen molar-refractivity contribution < 1.29 is 4.79 Å². The summed E-state index contributed by atoms with van der Waals surface area (Å²) in [6.45, 7) is 1.43. The van der Waals surface area contributed by atoms with E-state index in [4.69, 9.17) is 5.73 Å². The molecule has 0 saturated heterocycles. The Morgan fingerprint density at radius 1 is 1.12 bits per heavy atom. The monoisotopic (exact) mass is 361 g/mol. The van der Waals surface area contributed by atoms with Gasteiger partial charge < -0.3 is 11.1 Å². The molecular formula is C19H15N5OS. The number of anilines is 2. The number of pyridine rings is 1. The summed E-state index contributed by atoms with van der Waals surface area (Å²) in [4.78, 5) is 15.5. The maximum Gasteiger partial charge on any atom is 0.221 e. The average molecular weight is 361 g/mol. The van der Waals surface area contributed by atoms with Crippen LogP contribution in [0, 0.1) is 22.7 Å². The largest absolute Gasteiger partial charge is 0.383 e. The first-order valence-corrected chi connectivity index (χ1v) is 9.18. The SMILES string of the molecule is CC(=O)Nc1ccc(-c2c(C#N)c(N)nc([SH]3C=CC=C3)c2C#N)cc1. The van der Waals surface area contributed by atoms with Crippen molar-refractivity contribution in [3.05, 3.63) is 58.4 Å². The first-order valence-electron chi connectivity index (χ1n) is 7.70. The van der Waals surface area contributed by atoms with Gasteiger partial charge in [-0.15, -0.1) is 0 Å². The highest BCUT2D eigenvalue weighted by molar-refractivity contribution is 8.22. The Morgan fingerprint density at radius 3 is 2.27 bits per heavy atom. The smallest absolute Gasteiger partial charge is 0.221 e. The number of benzene rings is 1. The number of nitrogen functional groups attached to an aromatic ring is 1. The molecule has 0 radical (unpaired) electrons. The van der Waals surface area contributed by atoms with Crippen LogP contribution in [0.15, 0.2) is 52.3 Å². The van der Waals surface area contributed by atoms with E-state index in [1.54, 1.807) is 24.3 Å². The molecule has 0 spiro atoms. The number of rotatable bonds is 3. The zero-order chi connectivity index (χ0) is 18.7. The van der Waals surface area contributed by atoms with E-state index in [0.29, 0.717) is 27.4 Å². The van der Waals surface area contributed by atoms with E-state index >= 15 is 0 Å². The molecule has 0 fully saturated rings. The van der Waals surface area contributed by atoms with Crippen molar-refractivity contribution in [1.29, 1.82) is 10.5 Å². The van der Waals surface area contributed by atoms with E-state index in [2.05, 4.69) is 22.4 Å². The highest BCUT2D eigenvalue weighted by Gasteiger charge is 2.22. The van der Waals surface area contributed by atoms with Crippen LogP contribution in [0.2, 0.25) is 0 Å². The van der Waals surface area contributed by atoms with Crippen LogP contribution in [0.25, 0.3) is 11.1 Å². The topological polar surface area (TPSA) is 116 Å². The number of nitrogens with two attached hydrogens (primary N) is 1. The summed E-state index contributed by atoms with van der Waals surface area (Å²) in [5.74, 6) is -0.0649. The number of allylic oxidation sites excluding steroid dienone is 2. The van der Waals surface area contributed by atoms with Gasteiger partial charge in [-0.2, -0.15) is 21.4 Å². The van der Waals surface area contributed by atoms with Crippen LogP contribution in [0.5, 0.6) is 0 Å². The standard InChI is InChI=1S/C19H15N5OS/c1-12(25)23-14-6-4-13(5-7-14)17-15(10-20)18(22)24-19(16(17)11-21)26-8-2-3-9-26/h2-9,26H,1H3,(H2,22,24)(H,23,25). The summed E-state index contributed by atoms with van der Waals surface area (Å²) in [5, 5.41) is 26.6. The normalized spacial score (nSPS) is 13.3. The molecule has 1 aliphatic heterocycles. The minimum Gasteiger partial charge on any atom is -0.383 e. The Kier molecular flexibility index (Phi) is 4.74. The molecule has 1 amide bonds. The fourth-order valence-electron chi connectivity index (χ4n) is 2.68. The number of hydrogen-bond acceptors (Lipinski definition) is 5. The number of nitriles is 2. The van der Waals surface area contributed by atoms with Gasteiger partial charge >= 0.3 is 0 Å². The second-order valence-electron chi connectivity index (χ2n) is 5.52. The molecule has 1 aromatic carbocycles. The second-order valence-corrected chi connectivity index (χ2v) is 7.35. The second kappa shape index (κ2) is 7.14. The maximum absolute atomic E-state index is 11.2. The molecule has 0 atom stereocenters. The molecule has 3 N–H and O–H groups in total. The van der Waals surface area contributed by atoms with Gasteiger partial charge in [0.05, 0.1) is 5.56 Å². The predicted octanol–water partition coefficient (Wildman–Crippen LogP) is 3.43. The molecule has 0 saturated carbocycles. The van der Waals surface area contributed by atoms with E-state index in [-0.39, 0.29) is 17.3 Å². The van der Waals surface area contributed by atoms with Gasteiger partial charge in [0.15, 0.2) is 0 Å². The van der Waals surface area contributed by atoms with Crippen molar-refractivity contribution >= 4 is 28.3 Å². The number of carbonyl (C=O) groups is 1. The van der Waals surface area contributed by atoms with Crippen molar-refractivity contribution in [2.75, 3.05) is 11.1 Å². The van der Waals surface area contributed by atoms with Gasteiger partial charge in [0, 0.05) is 18.2 Å². The van der Waals surface area contributed by atoms with Crippen LogP contribution in [0.4, 0.5) is 11.5 Å². The van der Waals surface area contributed by atoms with Crippen LogP contribution >= 0.6 is 10.9 Å². The van der Waals surface area contributed by atoms with Gasteiger partial charge in [0.2, 0.25) is 5.91 Å². The highest BCUT2D eigenvalue weighted by atomic mass is 32.2. The van der Waals surface area contributed by atoms with E-state index in [9.17, 15) is 15.3 Å². The van der Waals surface area contributed by atoms with Gasteiger partial charge in [-0.05, 0) is 28.5 Å². The molecule has 0 bridgehead atoms. The highest BCUT2D eigenvalue weighted by Crippen LogP contribution is 2.46. The molecule has 7 heteroatoms. The molecule has 2 heterocycles. The number of nitrogens with one attached hydrogen (secondary N) is 1. The predicted molar refractivity (Wildman–Crippen MR) is 103 cm³/mol. The van der Waals surface area contributed by atoms with Crippen molar-refractivity contribution in [2.24, 2.45) is 0 Å². The quantitative estimate of drug-likeness (QED) is 0.724. The summed E-state index contributed by atoms with van der Waals surface area (Å²) in [6.07, 6.45) is 3.82. The Hall–Kier alpha value is -3.55. The van der Waals surface area contributed by atoms with Crippen LogP contribution in [0.1, 0.15) is 18.1 Å². The molecular weight excluding hydrogens is 346 g/mol.